The van der Waals surface area contributed by atoms with Crippen LogP contribution in [0.25, 0.3) is 0 Å². The maximum absolute atomic E-state index is 5.63. The summed E-state index contributed by atoms with van der Waals surface area (Å²) in [5.74, 6) is 0. The minimum Gasteiger partial charge on any atom is -0.267 e. The minimum atomic E-state index is 0.460. The Morgan fingerprint density at radius 2 is 2.40 bits per heavy atom. The van der Waals surface area contributed by atoms with Crippen molar-refractivity contribution in [2.24, 2.45) is 5.10 Å². The summed E-state index contributed by atoms with van der Waals surface area (Å²) >= 11 is 8.92. The summed E-state index contributed by atoms with van der Waals surface area (Å²) in [5, 5.41) is 6.00. The first-order valence-corrected chi connectivity index (χ1v) is 3.82. The number of rotatable bonds is 0. The maximum atomic E-state index is 5.63. The molecule has 2 nitrogen and oxygen atoms in total. The highest BCUT2D eigenvalue weighted by molar-refractivity contribution is 9.12. The molecule has 0 spiro atoms. The number of hydrogen-bond donors (Lipinski definition) is 0. The molecule has 1 aliphatic rings. The SMILES string of the molecule is C=C1C(Br)=CC(Cl)=NN1C. The van der Waals surface area contributed by atoms with E-state index in [4.69, 9.17) is 11.6 Å². The fourth-order valence-corrected chi connectivity index (χ4v) is 1.40. The van der Waals surface area contributed by atoms with E-state index in [0.29, 0.717) is 5.17 Å². The molecule has 0 aliphatic carbocycles. The topological polar surface area (TPSA) is 15.6 Å². The summed E-state index contributed by atoms with van der Waals surface area (Å²) < 4.78 is 0.870. The van der Waals surface area contributed by atoms with E-state index >= 15 is 0 Å². The number of hydrazone groups is 1. The third-order valence-corrected chi connectivity index (χ3v) is 2.03. The second-order valence-electron chi connectivity index (χ2n) is 1.89. The van der Waals surface area contributed by atoms with Gasteiger partial charge in [0.15, 0.2) is 5.17 Å². The monoisotopic (exact) mass is 220 g/mol. The molecular formula is C6H6BrClN2. The lowest BCUT2D eigenvalue weighted by molar-refractivity contribution is 0.460. The third kappa shape index (κ3) is 1.41. The van der Waals surface area contributed by atoms with Crippen LogP contribution in [0.4, 0.5) is 0 Å². The zero-order chi connectivity index (χ0) is 7.72. The van der Waals surface area contributed by atoms with Gasteiger partial charge in [0.1, 0.15) is 0 Å². The first-order chi connectivity index (χ1) is 4.61. The van der Waals surface area contributed by atoms with E-state index in [1.807, 2.05) is 0 Å². The Bertz CT molecular complexity index is 232. The Morgan fingerprint density at radius 3 is 2.90 bits per heavy atom. The molecule has 0 amide bonds. The Labute approximate surface area is 73.0 Å². The van der Waals surface area contributed by atoms with Crippen molar-refractivity contribution in [2.75, 3.05) is 7.05 Å². The highest BCUT2D eigenvalue weighted by Gasteiger charge is 2.10. The van der Waals surface area contributed by atoms with Crippen LogP contribution in [0.15, 0.2) is 27.9 Å². The van der Waals surface area contributed by atoms with Gasteiger partial charge in [-0.2, -0.15) is 5.10 Å². The van der Waals surface area contributed by atoms with Gasteiger partial charge >= 0.3 is 0 Å². The Balaban J connectivity index is 2.95. The van der Waals surface area contributed by atoms with Crippen molar-refractivity contribution in [1.29, 1.82) is 0 Å². The molecule has 0 saturated heterocycles. The molecule has 0 atom stereocenters. The molecule has 1 heterocycles. The average Bonchev–Trinajstić information content (AvgIpc) is 1.82. The van der Waals surface area contributed by atoms with Crippen LogP contribution in [0.2, 0.25) is 0 Å². The van der Waals surface area contributed by atoms with Crippen molar-refractivity contribution in [3.05, 3.63) is 22.8 Å². The van der Waals surface area contributed by atoms with Crippen LogP contribution in [0.1, 0.15) is 0 Å². The smallest absolute Gasteiger partial charge is 0.150 e. The Kier molecular flexibility index (Phi) is 2.16. The highest BCUT2D eigenvalue weighted by Crippen LogP contribution is 2.22. The van der Waals surface area contributed by atoms with Gasteiger partial charge in [0.2, 0.25) is 0 Å². The van der Waals surface area contributed by atoms with Gasteiger partial charge in [-0.25, -0.2) is 0 Å². The van der Waals surface area contributed by atoms with Crippen molar-refractivity contribution < 1.29 is 0 Å². The summed E-state index contributed by atoms with van der Waals surface area (Å²) in [4.78, 5) is 0. The van der Waals surface area contributed by atoms with Crippen LogP contribution in [-0.2, 0) is 0 Å². The molecular weight excluding hydrogens is 215 g/mol. The summed E-state index contributed by atoms with van der Waals surface area (Å²) in [6.07, 6.45) is 1.71. The van der Waals surface area contributed by atoms with Gasteiger partial charge in [-0.15, -0.1) is 0 Å². The predicted molar refractivity (Wildman–Crippen MR) is 47.2 cm³/mol. The molecule has 0 unspecified atom stereocenters. The predicted octanol–water partition coefficient (Wildman–Crippen LogP) is 2.28. The Hall–Kier alpha value is -0.280. The molecule has 1 aliphatic heterocycles. The standard InChI is InChI=1S/C6H6BrClN2/c1-4-5(7)3-6(8)9-10(4)2/h3H,1H2,2H3. The van der Waals surface area contributed by atoms with E-state index in [2.05, 4.69) is 27.6 Å². The zero-order valence-corrected chi connectivity index (χ0v) is 7.78. The third-order valence-electron chi connectivity index (χ3n) is 1.16. The van der Waals surface area contributed by atoms with E-state index in [1.165, 1.54) is 0 Å². The molecule has 0 radical (unpaired) electrons. The normalized spacial score (nSPS) is 18.7. The molecule has 10 heavy (non-hydrogen) atoms. The van der Waals surface area contributed by atoms with E-state index < -0.39 is 0 Å². The van der Waals surface area contributed by atoms with E-state index in [9.17, 15) is 0 Å². The fraction of sp³-hybridized carbons (Fsp3) is 0.167. The van der Waals surface area contributed by atoms with Crippen LogP contribution in [0.5, 0.6) is 0 Å². The molecule has 1 rings (SSSR count). The Morgan fingerprint density at radius 1 is 1.80 bits per heavy atom. The van der Waals surface area contributed by atoms with Gasteiger partial charge in [-0.05, 0) is 22.0 Å². The van der Waals surface area contributed by atoms with Crippen molar-refractivity contribution in [3.8, 4) is 0 Å². The van der Waals surface area contributed by atoms with Gasteiger partial charge in [-0.3, -0.25) is 5.01 Å². The lowest BCUT2D eigenvalue weighted by atomic mass is 10.4. The summed E-state index contributed by atoms with van der Waals surface area (Å²) in [7, 11) is 1.79. The molecule has 0 fully saturated rings. The highest BCUT2D eigenvalue weighted by atomic mass is 79.9. The number of nitrogens with zero attached hydrogens (tertiary/aromatic N) is 2. The van der Waals surface area contributed by atoms with Crippen molar-refractivity contribution in [1.82, 2.24) is 5.01 Å². The van der Waals surface area contributed by atoms with Crippen LogP contribution >= 0.6 is 27.5 Å². The van der Waals surface area contributed by atoms with Crippen LogP contribution < -0.4 is 0 Å². The second kappa shape index (κ2) is 2.76. The maximum Gasteiger partial charge on any atom is 0.150 e. The van der Waals surface area contributed by atoms with Gasteiger partial charge in [0.25, 0.3) is 0 Å². The summed E-state index contributed by atoms with van der Waals surface area (Å²) in [6.45, 7) is 3.76. The van der Waals surface area contributed by atoms with Crippen molar-refractivity contribution >= 4 is 32.7 Å². The van der Waals surface area contributed by atoms with Crippen molar-refractivity contribution in [3.63, 3.8) is 0 Å². The van der Waals surface area contributed by atoms with Crippen molar-refractivity contribution in [2.45, 2.75) is 0 Å². The number of halogens is 2. The van der Waals surface area contributed by atoms with E-state index in [0.717, 1.165) is 10.2 Å². The first kappa shape index (κ1) is 7.82. The van der Waals surface area contributed by atoms with E-state index in [1.54, 1.807) is 18.1 Å². The van der Waals surface area contributed by atoms with E-state index in [-0.39, 0.29) is 0 Å². The largest absolute Gasteiger partial charge is 0.267 e. The quantitative estimate of drug-likeness (QED) is 0.613. The minimum absolute atomic E-state index is 0.460. The number of allylic oxidation sites excluding steroid dienone is 2. The molecule has 0 aromatic heterocycles. The molecule has 0 aromatic carbocycles. The van der Waals surface area contributed by atoms with Gasteiger partial charge < -0.3 is 0 Å². The number of likely N-dealkylation sites (N-methyl/N-ethyl adjacent to an activating group) is 1. The molecule has 54 valence electrons. The van der Waals surface area contributed by atoms with Gasteiger partial charge in [0, 0.05) is 11.5 Å². The van der Waals surface area contributed by atoms with Gasteiger partial charge in [0.05, 0.1) is 5.70 Å². The fourth-order valence-electron chi connectivity index (χ4n) is 0.575. The molecule has 0 bridgehead atoms. The van der Waals surface area contributed by atoms with Crippen LogP contribution in [0, 0.1) is 0 Å². The van der Waals surface area contributed by atoms with Crippen LogP contribution in [0.3, 0.4) is 0 Å². The summed E-state index contributed by atoms with van der Waals surface area (Å²) in [6, 6.07) is 0. The average molecular weight is 221 g/mol. The summed E-state index contributed by atoms with van der Waals surface area (Å²) in [5.41, 5.74) is 0.810. The molecule has 0 N–H and O–H groups in total. The lowest BCUT2D eigenvalue weighted by Crippen LogP contribution is -2.14. The lowest BCUT2D eigenvalue weighted by Gasteiger charge is -2.18. The first-order valence-electron chi connectivity index (χ1n) is 2.65. The van der Waals surface area contributed by atoms with Crippen LogP contribution in [-0.4, -0.2) is 17.2 Å². The molecule has 4 heteroatoms. The zero-order valence-electron chi connectivity index (χ0n) is 5.43. The number of hydrogen-bond acceptors (Lipinski definition) is 2. The van der Waals surface area contributed by atoms with Gasteiger partial charge in [-0.1, -0.05) is 18.2 Å². The molecule has 0 aromatic rings. The molecule has 0 saturated carbocycles. The second-order valence-corrected chi connectivity index (χ2v) is 3.13.